The van der Waals surface area contributed by atoms with E-state index in [9.17, 15) is 14.4 Å². The number of hydrogen-bond acceptors (Lipinski definition) is 5. The second-order valence-electron chi connectivity index (χ2n) is 10.2. The minimum absolute atomic E-state index is 0.122. The first-order valence-electron chi connectivity index (χ1n) is 12.8. The SMILES string of the molecule is O=C1CCC(N2Cc3cc(O[C@H]4CCCC[C@@H]4N4CCC4c4ccccc4)ccc3C2=O)C(=O)N1. The van der Waals surface area contributed by atoms with Gasteiger partial charge in [0.15, 0.2) is 0 Å². The molecule has 35 heavy (non-hydrogen) atoms. The van der Waals surface area contributed by atoms with Crippen LogP contribution in [0.25, 0.3) is 0 Å². The summed E-state index contributed by atoms with van der Waals surface area (Å²) in [5.41, 5.74) is 2.89. The molecule has 182 valence electrons. The minimum atomic E-state index is -0.596. The number of carbonyl (C=O) groups excluding carboxylic acids is 3. The highest BCUT2D eigenvalue weighted by Crippen LogP contribution is 2.40. The zero-order chi connectivity index (χ0) is 23.9. The summed E-state index contributed by atoms with van der Waals surface area (Å²) in [4.78, 5) is 41.0. The number of rotatable bonds is 5. The molecule has 3 fully saturated rings. The summed E-state index contributed by atoms with van der Waals surface area (Å²) in [5, 5.41) is 2.36. The largest absolute Gasteiger partial charge is 0.489 e. The Kier molecular flexibility index (Phi) is 5.80. The van der Waals surface area contributed by atoms with Crippen molar-refractivity contribution in [1.82, 2.24) is 15.1 Å². The van der Waals surface area contributed by atoms with Crippen LogP contribution in [0.5, 0.6) is 5.75 Å². The van der Waals surface area contributed by atoms with Crippen molar-refractivity contribution in [1.29, 1.82) is 0 Å². The van der Waals surface area contributed by atoms with Crippen molar-refractivity contribution in [2.75, 3.05) is 6.54 Å². The predicted octanol–water partition coefficient (Wildman–Crippen LogP) is 3.58. The Labute approximate surface area is 205 Å². The third kappa shape index (κ3) is 4.12. The Morgan fingerprint density at radius 1 is 0.886 bits per heavy atom. The highest BCUT2D eigenvalue weighted by Gasteiger charge is 2.42. The molecule has 3 aliphatic heterocycles. The van der Waals surface area contributed by atoms with Gasteiger partial charge in [-0.2, -0.15) is 0 Å². The van der Waals surface area contributed by atoms with E-state index in [0.717, 1.165) is 37.1 Å². The third-order valence-corrected chi connectivity index (χ3v) is 8.12. The molecular formula is C28H31N3O4. The third-order valence-electron chi connectivity index (χ3n) is 8.12. The maximum absolute atomic E-state index is 13.0. The Balaban J connectivity index is 1.17. The van der Waals surface area contributed by atoms with Crippen molar-refractivity contribution in [3.05, 3.63) is 65.2 Å². The van der Waals surface area contributed by atoms with Crippen LogP contribution in [-0.2, 0) is 16.1 Å². The zero-order valence-corrected chi connectivity index (χ0v) is 19.8. The van der Waals surface area contributed by atoms with Gasteiger partial charge in [0.1, 0.15) is 17.9 Å². The van der Waals surface area contributed by atoms with Gasteiger partial charge in [0, 0.05) is 37.2 Å². The first-order valence-corrected chi connectivity index (χ1v) is 12.8. The summed E-state index contributed by atoms with van der Waals surface area (Å²) < 4.78 is 6.59. The van der Waals surface area contributed by atoms with Gasteiger partial charge < -0.3 is 9.64 Å². The average molecular weight is 474 g/mol. The van der Waals surface area contributed by atoms with Crippen LogP contribution in [0.3, 0.4) is 0 Å². The molecule has 7 heteroatoms. The van der Waals surface area contributed by atoms with E-state index in [-0.39, 0.29) is 30.2 Å². The van der Waals surface area contributed by atoms with Crippen molar-refractivity contribution in [3.63, 3.8) is 0 Å². The number of imide groups is 1. The topological polar surface area (TPSA) is 79.0 Å². The molecule has 3 amide bonds. The first kappa shape index (κ1) is 22.3. The summed E-state index contributed by atoms with van der Waals surface area (Å²) >= 11 is 0. The molecule has 2 aromatic rings. The number of nitrogens with one attached hydrogen (secondary N) is 1. The zero-order valence-electron chi connectivity index (χ0n) is 19.8. The van der Waals surface area contributed by atoms with Crippen molar-refractivity contribution < 1.29 is 19.1 Å². The molecule has 2 aromatic carbocycles. The molecule has 2 unspecified atom stereocenters. The van der Waals surface area contributed by atoms with Crippen LogP contribution in [0.4, 0.5) is 0 Å². The molecular weight excluding hydrogens is 442 g/mol. The fourth-order valence-electron chi connectivity index (χ4n) is 6.23. The van der Waals surface area contributed by atoms with Gasteiger partial charge in [-0.15, -0.1) is 0 Å². The smallest absolute Gasteiger partial charge is 0.255 e. The molecule has 2 saturated heterocycles. The van der Waals surface area contributed by atoms with E-state index in [0.29, 0.717) is 30.6 Å². The van der Waals surface area contributed by atoms with Crippen LogP contribution >= 0.6 is 0 Å². The van der Waals surface area contributed by atoms with Gasteiger partial charge in [0.25, 0.3) is 5.91 Å². The van der Waals surface area contributed by atoms with Gasteiger partial charge in [-0.05, 0) is 61.4 Å². The summed E-state index contributed by atoms with van der Waals surface area (Å²) in [6, 6.07) is 16.7. The van der Waals surface area contributed by atoms with E-state index < -0.39 is 6.04 Å². The number of amides is 3. The molecule has 1 aliphatic carbocycles. The van der Waals surface area contributed by atoms with Crippen LogP contribution in [0.15, 0.2) is 48.5 Å². The van der Waals surface area contributed by atoms with E-state index in [1.54, 1.807) is 4.90 Å². The number of hydrogen-bond donors (Lipinski definition) is 1. The second-order valence-corrected chi connectivity index (χ2v) is 10.2. The van der Waals surface area contributed by atoms with Crippen molar-refractivity contribution in [2.24, 2.45) is 0 Å². The number of likely N-dealkylation sites (tertiary alicyclic amines) is 1. The molecule has 3 heterocycles. The van der Waals surface area contributed by atoms with Crippen LogP contribution in [-0.4, -0.2) is 52.3 Å². The molecule has 4 aliphatic rings. The standard InChI is InChI=1S/C28H31N3O4/c32-26-13-12-24(27(33)29-26)31-17-19-16-20(10-11-21(19)28(31)34)35-25-9-5-4-8-23(25)30-15-14-22(30)18-6-2-1-3-7-18/h1-3,6-7,10-11,16,22-25H,4-5,8-9,12-15,17H2,(H,29,32,33)/t22?,23-,24?,25-/m0/s1. The Hall–Kier alpha value is -3.19. The predicted molar refractivity (Wildman–Crippen MR) is 130 cm³/mol. The monoisotopic (exact) mass is 473 g/mol. The number of piperidine rings is 1. The van der Waals surface area contributed by atoms with Gasteiger partial charge >= 0.3 is 0 Å². The molecule has 6 rings (SSSR count). The number of ether oxygens (including phenoxy) is 1. The quantitative estimate of drug-likeness (QED) is 0.672. The van der Waals surface area contributed by atoms with E-state index >= 15 is 0 Å². The molecule has 1 saturated carbocycles. The summed E-state index contributed by atoms with van der Waals surface area (Å²) in [5.74, 6) is -0.0190. The Morgan fingerprint density at radius 3 is 2.49 bits per heavy atom. The van der Waals surface area contributed by atoms with Crippen LogP contribution in [0, 0.1) is 0 Å². The highest BCUT2D eigenvalue weighted by atomic mass is 16.5. The van der Waals surface area contributed by atoms with E-state index in [1.165, 1.54) is 18.4 Å². The molecule has 0 bridgehead atoms. The van der Waals surface area contributed by atoms with E-state index in [2.05, 4.69) is 40.5 Å². The molecule has 0 radical (unpaired) electrons. The molecule has 4 atom stereocenters. The van der Waals surface area contributed by atoms with Crippen LogP contribution in [0.1, 0.15) is 72.5 Å². The van der Waals surface area contributed by atoms with Crippen LogP contribution < -0.4 is 10.1 Å². The average Bonchev–Trinajstić information content (AvgIpc) is 3.16. The minimum Gasteiger partial charge on any atom is -0.489 e. The lowest BCUT2D eigenvalue weighted by molar-refractivity contribution is -0.136. The second kappa shape index (κ2) is 9.11. The molecule has 1 N–H and O–H groups in total. The lowest BCUT2D eigenvalue weighted by Crippen LogP contribution is -2.55. The highest BCUT2D eigenvalue weighted by molar-refractivity contribution is 6.05. The van der Waals surface area contributed by atoms with Crippen molar-refractivity contribution in [2.45, 2.75) is 75.7 Å². The van der Waals surface area contributed by atoms with Gasteiger partial charge in [-0.25, -0.2) is 0 Å². The molecule has 7 nitrogen and oxygen atoms in total. The van der Waals surface area contributed by atoms with E-state index in [1.807, 2.05) is 18.2 Å². The normalized spacial score (nSPS) is 28.9. The fourth-order valence-corrected chi connectivity index (χ4v) is 6.23. The fraction of sp³-hybridized carbons (Fsp3) is 0.464. The summed E-state index contributed by atoms with van der Waals surface area (Å²) in [7, 11) is 0. The Morgan fingerprint density at radius 2 is 1.71 bits per heavy atom. The van der Waals surface area contributed by atoms with Gasteiger partial charge in [-0.3, -0.25) is 24.6 Å². The van der Waals surface area contributed by atoms with Gasteiger partial charge in [-0.1, -0.05) is 36.8 Å². The number of nitrogens with zero attached hydrogens (tertiary/aromatic N) is 2. The van der Waals surface area contributed by atoms with Crippen molar-refractivity contribution >= 4 is 17.7 Å². The number of benzene rings is 2. The van der Waals surface area contributed by atoms with Gasteiger partial charge in [0.2, 0.25) is 11.8 Å². The first-order chi connectivity index (χ1) is 17.1. The van der Waals surface area contributed by atoms with E-state index in [4.69, 9.17) is 4.74 Å². The number of carbonyl (C=O) groups is 3. The summed E-state index contributed by atoms with van der Waals surface area (Å²) in [6.07, 6.45) is 6.49. The maximum Gasteiger partial charge on any atom is 0.255 e. The van der Waals surface area contributed by atoms with Crippen molar-refractivity contribution in [3.8, 4) is 5.75 Å². The Bertz CT molecular complexity index is 1150. The lowest BCUT2D eigenvalue weighted by Gasteiger charge is -2.50. The summed E-state index contributed by atoms with van der Waals surface area (Å²) in [6.45, 7) is 1.47. The van der Waals surface area contributed by atoms with Crippen LogP contribution in [0.2, 0.25) is 0 Å². The number of fused-ring (bicyclic) bond motifs is 1. The van der Waals surface area contributed by atoms with Gasteiger partial charge in [0.05, 0.1) is 0 Å². The lowest BCUT2D eigenvalue weighted by atomic mass is 9.85. The molecule has 0 spiro atoms. The maximum atomic E-state index is 13.0. The molecule has 0 aromatic heterocycles.